The van der Waals surface area contributed by atoms with Gasteiger partial charge in [-0.2, -0.15) is 0 Å². The van der Waals surface area contributed by atoms with Gasteiger partial charge in [-0.25, -0.2) is 4.79 Å². The Balaban J connectivity index is 2.02. The Morgan fingerprint density at radius 3 is 2.38 bits per heavy atom. The van der Waals surface area contributed by atoms with E-state index in [4.69, 9.17) is 0 Å². The normalized spacial score (nSPS) is 14.8. The molecule has 24 heavy (non-hydrogen) atoms. The summed E-state index contributed by atoms with van der Waals surface area (Å²) in [5.41, 5.74) is 5.10. The van der Waals surface area contributed by atoms with Crippen LogP contribution in [0.4, 0.5) is 4.79 Å². The van der Waals surface area contributed by atoms with Gasteiger partial charge in [0.1, 0.15) is 0 Å². The molecule has 0 aliphatic heterocycles. The molecule has 1 aliphatic rings. The number of carbonyl (C=O) groups is 2. The van der Waals surface area contributed by atoms with Crippen LogP contribution < -0.4 is 0 Å². The molecule has 1 aliphatic carbocycles. The molecule has 0 heterocycles. The van der Waals surface area contributed by atoms with Crippen molar-refractivity contribution in [2.45, 2.75) is 19.3 Å². The summed E-state index contributed by atoms with van der Waals surface area (Å²) >= 11 is 3.24. The molecule has 4 nitrogen and oxygen atoms in total. The molecule has 122 valence electrons. The molecular weight excluding hydrogens is 532 g/mol. The molecule has 0 bridgehead atoms. The summed E-state index contributed by atoms with van der Waals surface area (Å²) in [5, 5.41) is 3.57. The zero-order valence-electron chi connectivity index (χ0n) is 13.0. The van der Waals surface area contributed by atoms with E-state index >= 15 is 0 Å². The van der Waals surface area contributed by atoms with Gasteiger partial charge >= 0.3 is 3.98 Å². The Morgan fingerprint density at radius 2 is 1.67 bits per heavy atom. The van der Waals surface area contributed by atoms with Crippen molar-refractivity contribution >= 4 is 58.7 Å². The molecule has 0 radical (unpaired) electrons. The van der Waals surface area contributed by atoms with Crippen molar-refractivity contribution in [1.29, 1.82) is 0 Å². The number of Topliss-reactive ketones (excluding diaryl/α,β-unsaturated/α-hetero) is 1. The molecule has 2 aromatic carbocycles. The number of oxime groups is 1. The van der Waals surface area contributed by atoms with Crippen LogP contribution in [-0.4, -0.2) is 13.5 Å². The predicted molar refractivity (Wildman–Crippen MR) is 110 cm³/mol. The van der Waals surface area contributed by atoms with E-state index in [2.05, 4.69) is 36.0 Å². The summed E-state index contributed by atoms with van der Waals surface area (Å²) in [5.74, 6) is -0.261. The number of nitrogens with zero attached hydrogens (tertiary/aromatic N) is 1. The maximum Gasteiger partial charge on any atom is 0.393 e. The second-order valence-electron chi connectivity index (χ2n) is 5.97. The van der Waals surface area contributed by atoms with Crippen molar-refractivity contribution < 1.29 is 14.4 Å². The largest absolute Gasteiger partial charge is 0.393 e. The van der Waals surface area contributed by atoms with Crippen LogP contribution in [0.25, 0.3) is 11.1 Å². The Hall–Kier alpha value is -1.29. The van der Waals surface area contributed by atoms with Crippen LogP contribution in [0.2, 0.25) is 0 Å². The van der Waals surface area contributed by atoms with E-state index in [1.165, 1.54) is 33.7 Å². The van der Waals surface area contributed by atoms with Crippen molar-refractivity contribution in [3.63, 3.8) is 0 Å². The number of carbonyl (C=O) groups excluding carboxylic acids is 2. The lowest BCUT2D eigenvalue weighted by atomic mass is 9.82. The molecule has 0 amide bonds. The van der Waals surface area contributed by atoms with Crippen LogP contribution in [0, 0.1) is 0 Å². The third-order valence-electron chi connectivity index (χ3n) is 4.23. The van der Waals surface area contributed by atoms with Crippen molar-refractivity contribution in [3.05, 3.63) is 59.2 Å². The lowest BCUT2D eigenvalue weighted by Crippen LogP contribution is -2.16. The van der Waals surface area contributed by atoms with Gasteiger partial charge in [-0.1, -0.05) is 55.4 Å². The highest BCUT2D eigenvalue weighted by atomic mass is 127. The third-order valence-corrected chi connectivity index (χ3v) is 5.11. The average molecular weight is 545 g/mol. The summed E-state index contributed by atoms with van der Waals surface area (Å²) in [7, 11) is 0. The fourth-order valence-electron chi connectivity index (χ4n) is 3.08. The zero-order chi connectivity index (χ0) is 17.5. The molecule has 6 heteroatoms. The smallest absolute Gasteiger partial charge is 0.306 e. The van der Waals surface area contributed by atoms with Gasteiger partial charge in [-0.05, 0) is 50.9 Å². The van der Waals surface area contributed by atoms with Gasteiger partial charge in [0.25, 0.3) is 0 Å². The number of fused-ring (bicyclic) bond motifs is 3. The topological polar surface area (TPSA) is 55.7 Å². The van der Waals surface area contributed by atoms with E-state index in [1.54, 1.807) is 28.7 Å². The van der Waals surface area contributed by atoms with E-state index in [1.807, 2.05) is 24.3 Å². The number of ketones is 1. The molecule has 0 aromatic heterocycles. The van der Waals surface area contributed by atoms with Gasteiger partial charge in [0, 0.05) is 11.0 Å². The molecular formula is C18H13I2NO3. The second kappa shape index (κ2) is 6.55. The first-order valence-electron chi connectivity index (χ1n) is 7.21. The number of hydrogen-bond donors (Lipinski definition) is 0. The van der Waals surface area contributed by atoms with E-state index in [0.29, 0.717) is 5.56 Å². The Labute approximate surface area is 166 Å². The van der Waals surface area contributed by atoms with Crippen LogP contribution in [0.1, 0.15) is 35.3 Å². The second-order valence-corrected chi connectivity index (χ2v) is 7.87. The molecule has 0 atom stereocenters. The highest BCUT2D eigenvalue weighted by Crippen LogP contribution is 2.48. The lowest BCUT2D eigenvalue weighted by molar-refractivity contribution is 0.106. The standard InChI is InChI=1S/C18H13I2NO3/c1-18(2)13-6-4-3-5-11(13)12-8-7-10(9-14(12)18)15(22)16(19)21-24-17(20)23/h3-9H,1-2H3/b21-16-. The molecule has 2 aromatic rings. The molecule has 0 saturated heterocycles. The first-order chi connectivity index (χ1) is 11.3. The number of halogens is 2. The van der Waals surface area contributed by atoms with Crippen molar-refractivity contribution in [3.8, 4) is 11.1 Å². The van der Waals surface area contributed by atoms with Crippen molar-refractivity contribution in [2.75, 3.05) is 0 Å². The Kier molecular flexibility index (Phi) is 4.78. The highest BCUT2D eigenvalue weighted by molar-refractivity contribution is 14.1. The summed E-state index contributed by atoms with van der Waals surface area (Å²) in [4.78, 5) is 27.9. The first kappa shape index (κ1) is 17.5. The summed E-state index contributed by atoms with van der Waals surface area (Å²) in [6.45, 7) is 4.31. The van der Waals surface area contributed by atoms with Gasteiger partial charge < -0.3 is 4.84 Å². The van der Waals surface area contributed by atoms with Gasteiger partial charge in [-0.15, -0.1) is 0 Å². The number of hydrogen-bond acceptors (Lipinski definition) is 4. The van der Waals surface area contributed by atoms with E-state index in [9.17, 15) is 9.59 Å². The van der Waals surface area contributed by atoms with Gasteiger partial charge in [0.05, 0.1) is 22.6 Å². The SMILES string of the molecule is CC1(C)c2ccccc2-c2ccc(C(=O)/C(I)=N/OC(=O)I)cc21. The first-order valence-corrected chi connectivity index (χ1v) is 9.37. The molecule has 0 unspecified atom stereocenters. The minimum Gasteiger partial charge on any atom is -0.306 e. The molecule has 0 N–H and O–H groups in total. The summed E-state index contributed by atoms with van der Waals surface area (Å²) in [6, 6.07) is 14.0. The fraction of sp³-hybridized carbons (Fsp3) is 0.167. The van der Waals surface area contributed by atoms with Gasteiger partial charge in [-0.3, -0.25) is 4.79 Å². The van der Waals surface area contributed by atoms with Crippen LogP contribution >= 0.6 is 45.2 Å². The summed E-state index contributed by atoms with van der Waals surface area (Å²) in [6.07, 6.45) is 0. The third kappa shape index (κ3) is 3.01. The highest BCUT2D eigenvalue weighted by Gasteiger charge is 2.35. The minimum absolute atomic E-state index is 0.117. The van der Waals surface area contributed by atoms with Crippen LogP contribution in [0.5, 0.6) is 0 Å². The quantitative estimate of drug-likeness (QED) is 0.128. The Bertz CT molecular complexity index is 888. The average Bonchev–Trinajstić information content (AvgIpc) is 2.80. The van der Waals surface area contributed by atoms with E-state index in [-0.39, 0.29) is 14.9 Å². The molecule has 0 spiro atoms. The van der Waals surface area contributed by atoms with Crippen molar-refractivity contribution in [2.24, 2.45) is 5.16 Å². The number of rotatable bonds is 3. The minimum atomic E-state index is -0.583. The molecule has 0 saturated carbocycles. The van der Waals surface area contributed by atoms with Gasteiger partial charge in [0.15, 0.2) is 3.72 Å². The monoisotopic (exact) mass is 545 g/mol. The molecule has 3 rings (SSSR count). The maximum atomic E-state index is 12.5. The lowest BCUT2D eigenvalue weighted by Gasteiger charge is -2.21. The Morgan fingerprint density at radius 1 is 1.00 bits per heavy atom. The van der Waals surface area contributed by atoms with Crippen molar-refractivity contribution in [1.82, 2.24) is 0 Å². The van der Waals surface area contributed by atoms with Crippen LogP contribution in [-0.2, 0) is 10.3 Å². The molecule has 0 fully saturated rings. The fourth-order valence-corrected chi connectivity index (χ4v) is 3.59. The van der Waals surface area contributed by atoms with Crippen LogP contribution in [0.3, 0.4) is 0 Å². The van der Waals surface area contributed by atoms with E-state index < -0.39 is 3.98 Å². The maximum absolute atomic E-state index is 12.5. The summed E-state index contributed by atoms with van der Waals surface area (Å²) < 4.78 is -0.467. The van der Waals surface area contributed by atoms with E-state index in [0.717, 1.165) is 11.1 Å². The zero-order valence-corrected chi connectivity index (χ0v) is 17.3. The number of benzene rings is 2. The predicted octanol–water partition coefficient (Wildman–Crippen LogP) is 5.50. The van der Waals surface area contributed by atoms with Gasteiger partial charge in [0.2, 0.25) is 5.78 Å². The van der Waals surface area contributed by atoms with Crippen LogP contribution in [0.15, 0.2) is 47.6 Å².